The molecule has 1 saturated heterocycles. The van der Waals surface area contributed by atoms with E-state index in [0.29, 0.717) is 12.1 Å². The molecule has 1 atom stereocenters. The number of morpholine rings is 1. The molecule has 3 rings (SSSR count). The summed E-state index contributed by atoms with van der Waals surface area (Å²) < 4.78 is 5.53. The Labute approximate surface area is 149 Å². The Morgan fingerprint density at radius 1 is 1.33 bits per heavy atom. The van der Waals surface area contributed by atoms with Crippen LogP contribution in [0.25, 0.3) is 0 Å². The minimum atomic E-state index is 0.384. The number of nitrogens with one attached hydrogen (secondary N) is 2. The fraction of sp³-hybridized carbons (Fsp3) is 0.722. The van der Waals surface area contributed by atoms with Gasteiger partial charge in [0.25, 0.3) is 0 Å². The predicted molar refractivity (Wildman–Crippen MR) is 101 cm³/mol. The van der Waals surface area contributed by atoms with Crippen LogP contribution < -0.4 is 10.6 Å². The molecule has 1 saturated carbocycles. The number of nitrogens with zero attached hydrogens (tertiary/aromatic N) is 2. The van der Waals surface area contributed by atoms with Gasteiger partial charge in [0.1, 0.15) is 0 Å². The Morgan fingerprint density at radius 3 is 2.71 bits per heavy atom. The van der Waals surface area contributed by atoms with Crippen LogP contribution in [0.2, 0.25) is 0 Å². The molecular formula is C18H30N4OS. The summed E-state index contributed by atoms with van der Waals surface area (Å²) in [6.07, 6.45) is 5.19. The lowest BCUT2D eigenvalue weighted by molar-refractivity contribution is 0.0177. The van der Waals surface area contributed by atoms with Crippen molar-refractivity contribution in [1.29, 1.82) is 0 Å². The van der Waals surface area contributed by atoms with Crippen molar-refractivity contribution in [3.63, 3.8) is 0 Å². The standard InChI is InChI=1S/C18H30N4OS/c1-14-7-8-17(24-14)16(22-9-11-23-12-10-22)13-20-18(19-2)21-15-5-3-4-6-15/h7-8,15-16H,3-6,9-13H2,1-2H3,(H2,19,20,21). The summed E-state index contributed by atoms with van der Waals surface area (Å²) in [6, 6.07) is 5.46. The minimum absolute atomic E-state index is 0.384. The van der Waals surface area contributed by atoms with E-state index in [1.165, 1.54) is 35.4 Å². The summed E-state index contributed by atoms with van der Waals surface area (Å²) in [4.78, 5) is 9.76. The average Bonchev–Trinajstić information content (AvgIpc) is 3.27. The average molecular weight is 351 g/mol. The molecule has 2 fully saturated rings. The number of guanidine groups is 1. The van der Waals surface area contributed by atoms with Crippen molar-refractivity contribution in [3.8, 4) is 0 Å². The first-order chi connectivity index (χ1) is 11.8. The first-order valence-corrected chi connectivity index (χ1v) is 9.93. The normalized spacial score (nSPS) is 21.8. The first-order valence-electron chi connectivity index (χ1n) is 9.11. The summed E-state index contributed by atoms with van der Waals surface area (Å²) in [6.45, 7) is 6.71. The molecule has 1 aromatic heterocycles. The summed E-state index contributed by atoms with van der Waals surface area (Å²) in [5.74, 6) is 0.938. The maximum Gasteiger partial charge on any atom is 0.191 e. The molecule has 2 aliphatic rings. The minimum Gasteiger partial charge on any atom is -0.379 e. The van der Waals surface area contributed by atoms with E-state index in [-0.39, 0.29) is 0 Å². The van der Waals surface area contributed by atoms with Gasteiger partial charge in [0, 0.05) is 42.5 Å². The van der Waals surface area contributed by atoms with E-state index in [1.807, 2.05) is 18.4 Å². The molecule has 0 radical (unpaired) electrons. The second kappa shape index (κ2) is 8.83. The van der Waals surface area contributed by atoms with E-state index in [1.54, 1.807) is 0 Å². The highest BCUT2D eigenvalue weighted by Gasteiger charge is 2.24. The Bertz CT molecular complexity index is 533. The van der Waals surface area contributed by atoms with E-state index in [0.717, 1.165) is 38.8 Å². The van der Waals surface area contributed by atoms with Gasteiger partial charge in [-0.25, -0.2) is 0 Å². The van der Waals surface area contributed by atoms with E-state index < -0.39 is 0 Å². The van der Waals surface area contributed by atoms with Gasteiger partial charge in [-0.1, -0.05) is 12.8 Å². The topological polar surface area (TPSA) is 48.9 Å². The Hall–Kier alpha value is -1.11. The zero-order valence-corrected chi connectivity index (χ0v) is 15.7. The van der Waals surface area contributed by atoms with Crippen molar-refractivity contribution in [3.05, 3.63) is 21.9 Å². The maximum atomic E-state index is 5.53. The van der Waals surface area contributed by atoms with Gasteiger partial charge in [0.05, 0.1) is 19.3 Å². The monoisotopic (exact) mass is 350 g/mol. The van der Waals surface area contributed by atoms with Gasteiger partial charge in [-0.05, 0) is 31.9 Å². The molecular weight excluding hydrogens is 320 g/mol. The van der Waals surface area contributed by atoms with Crippen molar-refractivity contribution < 1.29 is 4.74 Å². The molecule has 6 heteroatoms. The Kier molecular flexibility index (Phi) is 6.51. The van der Waals surface area contributed by atoms with Gasteiger partial charge in [-0.3, -0.25) is 9.89 Å². The van der Waals surface area contributed by atoms with Gasteiger partial charge >= 0.3 is 0 Å². The highest BCUT2D eigenvalue weighted by Crippen LogP contribution is 2.28. The van der Waals surface area contributed by atoms with Crippen molar-refractivity contribution >= 4 is 17.3 Å². The summed E-state index contributed by atoms with van der Waals surface area (Å²) >= 11 is 1.90. The molecule has 0 bridgehead atoms. The molecule has 2 heterocycles. The highest BCUT2D eigenvalue weighted by molar-refractivity contribution is 7.12. The molecule has 1 unspecified atom stereocenters. The van der Waals surface area contributed by atoms with E-state index in [4.69, 9.17) is 4.74 Å². The van der Waals surface area contributed by atoms with Crippen molar-refractivity contribution in [2.24, 2.45) is 4.99 Å². The molecule has 0 amide bonds. The summed E-state index contributed by atoms with van der Waals surface area (Å²) in [7, 11) is 1.86. The molecule has 5 nitrogen and oxygen atoms in total. The van der Waals surface area contributed by atoms with Crippen LogP contribution in [0.4, 0.5) is 0 Å². The van der Waals surface area contributed by atoms with Gasteiger partial charge in [0.2, 0.25) is 0 Å². The number of aliphatic imine (C=N–C) groups is 1. The molecule has 0 aromatic carbocycles. The predicted octanol–water partition coefficient (Wildman–Crippen LogP) is 2.54. The number of hydrogen-bond donors (Lipinski definition) is 2. The third-order valence-electron chi connectivity index (χ3n) is 4.96. The van der Waals surface area contributed by atoms with Gasteiger partial charge < -0.3 is 15.4 Å². The van der Waals surface area contributed by atoms with E-state index in [2.05, 4.69) is 39.6 Å². The molecule has 1 aliphatic carbocycles. The highest BCUT2D eigenvalue weighted by atomic mass is 32.1. The maximum absolute atomic E-state index is 5.53. The molecule has 1 aliphatic heterocycles. The van der Waals surface area contributed by atoms with E-state index >= 15 is 0 Å². The number of rotatable bonds is 5. The van der Waals surface area contributed by atoms with Crippen molar-refractivity contribution in [2.75, 3.05) is 39.9 Å². The number of aryl methyl sites for hydroxylation is 1. The Morgan fingerprint density at radius 2 is 2.08 bits per heavy atom. The van der Waals surface area contributed by atoms with Crippen molar-refractivity contribution in [1.82, 2.24) is 15.5 Å². The number of thiophene rings is 1. The molecule has 1 aromatic rings. The lowest BCUT2D eigenvalue weighted by Gasteiger charge is -2.34. The third-order valence-corrected chi connectivity index (χ3v) is 6.06. The molecule has 2 N–H and O–H groups in total. The van der Waals surface area contributed by atoms with Gasteiger partial charge in [-0.2, -0.15) is 0 Å². The van der Waals surface area contributed by atoms with Crippen LogP contribution in [0.15, 0.2) is 17.1 Å². The van der Waals surface area contributed by atoms with Crippen LogP contribution in [-0.4, -0.2) is 56.8 Å². The summed E-state index contributed by atoms with van der Waals surface area (Å²) in [5.41, 5.74) is 0. The third kappa shape index (κ3) is 4.71. The van der Waals surface area contributed by atoms with Crippen LogP contribution in [-0.2, 0) is 4.74 Å². The van der Waals surface area contributed by atoms with Crippen LogP contribution in [0.1, 0.15) is 41.5 Å². The zero-order chi connectivity index (χ0) is 16.8. The first kappa shape index (κ1) is 17.7. The second-order valence-corrected chi connectivity index (χ2v) is 8.01. The van der Waals surface area contributed by atoms with Crippen molar-refractivity contribution in [2.45, 2.75) is 44.7 Å². The summed E-state index contributed by atoms with van der Waals surface area (Å²) in [5, 5.41) is 7.14. The van der Waals surface area contributed by atoms with Crippen LogP contribution in [0.3, 0.4) is 0 Å². The fourth-order valence-electron chi connectivity index (χ4n) is 3.58. The smallest absolute Gasteiger partial charge is 0.191 e. The lowest BCUT2D eigenvalue weighted by Crippen LogP contribution is -2.47. The van der Waals surface area contributed by atoms with E-state index in [9.17, 15) is 0 Å². The zero-order valence-electron chi connectivity index (χ0n) is 14.9. The van der Waals surface area contributed by atoms with Crippen LogP contribution in [0.5, 0.6) is 0 Å². The molecule has 134 valence electrons. The SMILES string of the molecule is CN=C(NCC(c1ccc(C)s1)N1CCOCC1)NC1CCCC1. The van der Waals surface area contributed by atoms with Crippen LogP contribution in [0, 0.1) is 6.92 Å². The second-order valence-electron chi connectivity index (χ2n) is 6.69. The van der Waals surface area contributed by atoms with Gasteiger partial charge in [0.15, 0.2) is 5.96 Å². The Balaban J connectivity index is 1.62. The number of ether oxygens (including phenoxy) is 1. The fourth-order valence-corrected chi connectivity index (χ4v) is 4.60. The van der Waals surface area contributed by atoms with Crippen LogP contribution >= 0.6 is 11.3 Å². The molecule has 24 heavy (non-hydrogen) atoms. The molecule has 0 spiro atoms. The lowest BCUT2D eigenvalue weighted by atomic mass is 10.2. The largest absolute Gasteiger partial charge is 0.379 e. The number of hydrogen-bond acceptors (Lipinski definition) is 4. The quantitative estimate of drug-likeness (QED) is 0.633. The van der Waals surface area contributed by atoms with Gasteiger partial charge in [-0.15, -0.1) is 11.3 Å².